The van der Waals surface area contributed by atoms with Gasteiger partial charge in [-0.05, 0) is 57.2 Å². The lowest BCUT2D eigenvalue weighted by atomic mass is 10.1. The van der Waals surface area contributed by atoms with Crippen LogP contribution >= 0.6 is 0 Å². The van der Waals surface area contributed by atoms with Gasteiger partial charge in [0.2, 0.25) is 5.96 Å². The molecule has 7 heteroatoms. The van der Waals surface area contributed by atoms with E-state index in [-0.39, 0.29) is 5.91 Å². The predicted octanol–water partition coefficient (Wildman–Crippen LogP) is 3.75. The van der Waals surface area contributed by atoms with E-state index in [1.165, 1.54) is 0 Å². The molecule has 0 saturated heterocycles. The fourth-order valence-electron chi connectivity index (χ4n) is 3.01. The smallest absolute Gasteiger partial charge is 0.257 e. The summed E-state index contributed by atoms with van der Waals surface area (Å²) >= 11 is 0. The van der Waals surface area contributed by atoms with E-state index in [2.05, 4.69) is 20.7 Å². The maximum absolute atomic E-state index is 12.7. The molecule has 0 fully saturated rings. The van der Waals surface area contributed by atoms with Crippen LogP contribution in [-0.4, -0.2) is 28.8 Å². The van der Waals surface area contributed by atoms with Crippen molar-refractivity contribution in [2.45, 2.75) is 27.3 Å². The molecule has 0 bridgehead atoms. The summed E-state index contributed by atoms with van der Waals surface area (Å²) in [5.41, 5.74) is 5.46. The van der Waals surface area contributed by atoms with Gasteiger partial charge in [0.1, 0.15) is 5.75 Å². The van der Waals surface area contributed by atoms with Gasteiger partial charge in [-0.15, -0.1) is 0 Å². The quantitative estimate of drug-likeness (QED) is 0.500. The molecule has 2 N–H and O–H groups in total. The first kappa shape index (κ1) is 21.1. The third kappa shape index (κ3) is 5.05. The van der Waals surface area contributed by atoms with E-state index in [1.807, 2.05) is 68.9 Å². The number of benzene rings is 2. The first-order valence-corrected chi connectivity index (χ1v) is 9.70. The highest BCUT2D eigenvalue weighted by molar-refractivity contribution is 6.09. The Morgan fingerprint density at radius 2 is 1.73 bits per heavy atom. The van der Waals surface area contributed by atoms with Crippen molar-refractivity contribution < 1.29 is 9.53 Å². The second-order valence-electron chi connectivity index (χ2n) is 7.11. The second-order valence-corrected chi connectivity index (χ2v) is 7.11. The van der Waals surface area contributed by atoms with Crippen LogP contribution in [0.25, 0.3) is 0 Å². The number of aromatic nitrogens is 2. The number of ether oxygens (including phenoxy) is 1. The van der Waals surface area contributed by atoms with Crippen molar-refractivity contribution >= 4 is 17.6 Å². The number of aryl methyl sites for hydroxylation is 3. The number of aliphatic imine (C=N–C) groups is 1. The molecule has 1 heterocycles. The normalized spacial score (nSPS) is 11.3. The van der Waals surface area contributed by atoms with Crippen molar-refractivity contribution in [3.63, 3.8) is 0 Å². The van der Waals surface area contributed by atoms with Gasteiger partial charge in [-0.25, -0.2) is 4.99 Å². The summed E-state index contributed by atoms with van der Waals surface area (Å²) in [6.07, 6.45) is 0. The number of nitrogens with zero attached hydrogens (tertiary/aromatic N) is 3. The largest absolute Gasteiger partial charge is 0.497 e. The maximum atomic E-state index is 12.7. The summed E-state index contributed by atoms with van der Waals surface area (Å²) < 4.78 is 7.04. The number of nitrogens with one attached hydrogen (secondary N) is 2. The minimum Gasteiger partial charge on any atom is -0.497 e. The molecule has 0 aliphatic carbocycles. The Labute approximate surface area is 176 Å². The zero-order valence-corrected chi connectivity index (χ0v) is 18.0. The molecule has 0 atom stereocenters. The van der Waals surface area contributed by atoms with Crippen molar-refractivity contribution in [3.8, 4) is 5.75 Å². The zero-order valence-electron chi connectivity index (χ0n) is 18.0. The van der Waals surface area contributed by atoms with Gasteiger partial charge in [0.15, 0.2) is 0 Å². The Morgan fingerprint density at radius 3 is 2.30 bits per heavy atom. The van der Waals surface area contributed by atoms with Crippen molar-refractivity contribution in [2.24, 2.45) is 12.0 Å². The van der Waals surface area contributed by atoms with Crippen molar-refractivity contribution in [1.82, 2.24) is 15.1 Å². The minimum atomic E-state index is -0.227. The molecule has 0 radical (unpaired) electrons. The van der Waals surface area contributed by atoms with Crippen LogP contribution < -0.4 is 15.4 Å². The Balaban J connectivity index is 1.84. The van der Waals surface area contributed by atoms with E-state index in [0.717, 1.165) is 34.0 Å². The van der Waals surface area contributed by atoms with E-state index in [1.54, 1.807) is 19.2 Å². The molecule has 3 aromatic rings. The number of hydrogen-bond donors (Lipinski definition) is 2. The number of anilines is 1. The highest BCUT2D eigenvalue weighted by atomic mass is 16.5. The molecular weight excluding hydrogens is 378 g/mol. The molecule has 0 aliphatic rings. The molecule has 0 saturated carbocycles. The van der Waals surface area contributed by atoms with Crippen LogP contribution in [0, 0.1) is 20.8 Å². The Kier molecular flexibility index (Phi) is 6.51. The molecule has 1 amide bonds. The van der Waals surface area contributed by atoms with Crippen LogP contribution in [0.3, 0.4) is 0 Å². The molecule has 7 nitrogen and oxygen atoms in total. The lowest BCUT2D eigenvalue weighted by molar-refractivity contribution is 0.0977. The summed E-state index contributed by atoms with van der Waals surface area (Å²) in [4.78, 5) is 17.4. The SMILES string of the molecule is COc1ccc(NC(=NCc2c(C)nn(C)c2C)NC(=O)c2ccc(C)cc2)cc1. The predicted molar refractivity (Wildman–Crippen MR) is 119 cm³/mol. The van der Waals surface area contributed by atoms with Gasteiger partial charge >= 0.3 is 0 Å². The van der Waals surface area contributed by atoms with Gasteiger partial charge in [0, 0.05) is 29.6 Å². The molecule has 2 aromatic carbocycles. The summed E-state index contributed by atoms with van der Waals surface area (Å²) in [7, 11) is 3.53. The number of hydrogen-bond acceptors (Lipinski definition) is 4. The van der Waals surface area contributed by atoms with Crippen LogP contribution in [0.4, 0.5) is 5.69 Å². The van der Waals surface area contributed by atoms with Crippen LogP contribution in [0.5, 0.6) is 5.75 Å². The average molecular weight is 406 g/mol. The van der Waals surface area contributed by atoms with E-state index in [0.29, 0.717) is 18.1 Å². The topological polar surface area (TPSA) is 80.5 Å². The van der Waals surface area contributed by atoms with E-state index in [4.69, 9.17) is 4.74 Å². The summed E-state index contributed by atoms with van der Waals surface area (Å²) in [6.45, 7) is 6.35. The number of carbonyl (C=O) groups is 1. The average Bonchev–Trinajstić information content (AvgIpc) is 2.98. The van der Waals surface area contributed by atoms with Gasteiger partial charge in [-0.2, -0.15) is 5.10 Å². The van der Waals surface area contributed by atoms with E-state index in [9.17, 15) is 4.79 Å². The fraction of sp³-hybridized carbons (Fsp3) is 0.261. The van der Waals surface area contributed by atoms with Crippen molar-refractivity contribution in [1.29, 1.82) is 0 Å². The molecule has 30 heavy (non-hydrogen) atoms. The molecule has 0 unspecified atom stereocenters. The molecular formula is C23H27N5O2. The van der Waals surface area contributed by atoms with E-state index >= 15 is 0 Å². The maximum Gasteiger partial charge on any atom is 0.257 e. The standard InChI is InChI=1S/C23H27N5O2/c1-15-6-8-18(9-7-15)22(29)26-23(25-19-10-12-20(30-5)13-11-19)24-14-21-16(2)27-28(4)17(21)3/h6-13H,14H2,1-5H3,(H2,24,25,26,29). The number of rotatable bonds is 5. The van der Waals surface area contributed by atoms with Crippen molar-refractivity contribution in [2.75, 3.05) is 12.4 Å². The van der Waals surface area contributed by atoms with Gasteiger partial charge < -0.3 is 10.1 Å². The first-order chi connectivity index (χ1) is 14.4. The number of methoxy groups -OCH3 is 1. The summed E-state index contributed by atoms with van der Waals surface area (Å²) in [5.74, 6) is 0.895. The Hall–Kier alpha value is -3.61. The summed E-state index contributed by atoms with van der Waals surface area (Å²) in [5, 5.41) is 10.5. The fourth-order valence-corrected chi connectivity index (χ4v) is 3.01. The Bertz CT molecular complexity index is 1050. The number of guanidine groups is 1. The number of carbonyl (C=O) groups excluding carboxylic acids is 1. The summed E-state index contributed by atoms with van der Waals surface area (Å²) in [6, 6.07) is 14.8. The molecule has 3 rings (SSSR count). The van der Waals surface area contributed by atoms with Gasteiger partial charge in [0.25, 0.3) is 5.91 Å². The number of amides is 1. The molecule has 156 valence electrons. The highest BCUT2D eigenvalue weighted by Crippen LogP contribution is 2.16. The molecule has 0 aliphatic heterocycles. The lowest BCUT2D eigenvalue weighted by Crippen LogP contribution is -2.36. The lowest BCUT2D eigenvalue weighted by Gasteiger charge is -2.13. The van der Waals surface area contributed by atoms with Crippen LogP contribution in [0.2, 0.25) is 0 Å². The van der Waals surface area contributed by atoms with Gasteiger partial charge in [0.05, 0.1) is 19.3 Å². The van der Waals surface area contributed by atoms with Crippen molar-refractivity contribution in [3.05, 3.63) is 76.6 Å². The highest BCUT2D eigenvalue weighted by Gasteiger charge is 2.12. The molecule has 0 spiro atoms. The third-order valence-corrected chi connectivity index (χ3v) is 4.95. The zero-order chi connectivity index (χ0) is 21.7. The Morgan fingerprint density at radius 1 is 1.07 bits per heavy atom. The van der Waals surface area contributed by atoms with Crippen LogP contribution in [0.15, 0.2) is 53.5 Å². The third-order valence-electron chi connectivity index (χ3n) is 4.95. The minimum absolute atomic E-state index is 0.227. The van der Waals surface area contributed by atoms with Crippen LogP contribution in [0.1, 0.15) is 32.9 Å². The van der Waals surface area contributed by atoms with Crippen LogP contribution in [-0.2, 0) is 13.6 Å². The first-order valence-electron chi connectivity index (χ1n) is 9.70. The van der Waals surface area contributed by atoms with Gasteiger partial charge in [-0.1, -0.05) is 17.7 Å². The monoisotopic (exact) mass is 405 g/mol. The van der Waals surface area contributed by atoms with E-state index < -0.39 is 0 Å². The molecule has 1 aromatic heterocycles. The van der Waals surface area contributed by atoms with Gasteiger partial charge in [-0.3, -0.25) is 14.8 Å². The second kappa shape index (κ2) is 9.26.